The summed E-state index contributed by atoms with van der Waals surface area (Å²) in [6, 6.07) is 15.1. The fourth-order valence-corrected chi connectivity index (χ4v) is 3.58. The van der Waals surface area contributed by atoms with Gasteiger partial charge in [0.1, 0.15) is 0 Å². The number of ether oxygens (including phenoxy) is 1. The third-order valence-electron chi connectivity index (χ3n) is 4.49. The van der Waals surface area contributed by atoms with Gasteiger partial charge in [-0.15, -0.1) is 0 Å². The Morgan fingerprint density at radius 2 is 1.68 bits per heavy atom. The van der Waals surface area contributed by atoms with Crippen LogP contribution in [0.5, 0.6) is 0 Å². The molecule has 7 nitrogen and oxygen atoms in total. The molecule has 28 heavy (non-hydrogen) atoms. The largest absolute Gasteiger partial charge is 0.378 e. The van der Waals surface area contributed by atoms with Gasteiger partial charge in [-0.2, -0.15) is 4.99 Å². The third kappa shape index (κ3) is 3.87. The van der Waals surface area contributed by atoms with E-state index in [1.165, 1.54) is 0 Å². The highest BCUT2D eigenvalue weighted by Gasteiger charge is 2.33. The predicted octanol–water partition coefficient (Wildman–Crippen LogP) is 3.21. The minimum Gasteiger partial charge on any atom is -0.378 e. The summed E-state index contributed by atoms with van der Waals surface area (Å²) in [5.41, 5.74) is 7.58. The molecule has 0 amide bonds. The number of nitrogens with one attached hydrogen (secondary N) is 1. The van der Waals surface area contributed by atoms with Gasteiger partial charge < -0.3 is 20.7 Å². The van der Waals surface area contributed by atoms with Crippen LogP contribution in [0, 0.1) is 0 Å². The van der Waals surface area contributed by atoms with Crippen LogP contribution in [0.15, 0.2) is 58.5 Å². The van der Waals surface area contributed by atoms with Crippen LogP contribution < -0.4 is 16.0 Å². The first-order chi connectivity index (χ1) is 13.6. The normalized spacial score (nSPS) is 19.9. The molecule has 2 heterocycles. The number of para-hydroxylation sites is 2. The molecule has 1 fully saturated rings. The van der Waals surface area contributed by atoms with Gasteiger partial charge in [-0.3, -0.25) is 4.90 Å². The molecule has 0 spiro atoms. The van der Waals surface area contributed by atoms with Crippen molar-refractivity contribution in [2.45, 2.75) is 6.29 Å². The third-order valence-corrected chi connectivity index (χ3v) is 5.14. The molecule has 1 atom stereocenters. The Bertz CT molecular complexity index is 913. The number of morpholine rings is 1. The molecule has 1 saturated heterocycles. The molecule has 3 N–H and O–H groups in total. The second-order valence-corrected chi connectivity index (χ2v) is 7.13. The summed E-state index contributed by atoms with van der Waals surface area (Å²) in [5.74, 6) is 0.864. The van der Waals surface area contributed by atoms with E-state index in [1.807, 2.05) is 53.4 Å². The average molecular weight is 419 g/mol. The molecule has 2 aliphatic rings. The molecule has 9 heteroatoms. The van der Waals surface area contributed by atoms with Crippen LogP contribution in [-0.2, 0) is 4.74 Å². The molecular weight excluding hydrogens is 399 g/mol. The first-order valence-electron chi connectivity index (χ1n) is 8.93. The molecule has 2 aromatic carbocycles. The fraction of sp³-hybridized carbons (Fsp3) is 0.263. The molecule has 0 radical (unpaired) electrons. The van der Waals surface area contributed by atoms with E-state index in [4.69, 9.17) is 33.7 Å². The van der Waals surface area contributed by atoms with Crippen LogP contribution in [-0.4, -0.2) is 49.4 Å². The van der Waals surface area contributed by atoms with Gasteiger partial charge in [-0.1, -0.05) is 47.5 Å². The number of halogens is 2. The first kappa shape index (κ1) is 18.9. The fourth-order valence-electron chi connectivity index (χ4n) is 3.16. The summed E-state index contributed by atoms with van der Waals surface area (Å²) in [7, 11) is 0. The Morgan fingerprint density at radius 3 is 2.39 bits per heavy atom. The van der Waals surface area contributed by atoms with Crippen LogP contribution in [0.25, 0.3) is 0 Å². The minimum atomic E-state index is -0.560. The Kier molecular flexibility index (Phi) is 5.57. The van der Waals surface area contributed by atoms with Gasteiger partial charge in [0, 0.05) is 13.1 Å². The van der Waals surface area contributed by atoms with E-state index in [1.54, 1.807) is 0 Å². The topological polar surface area (TPSA) is 78.5 Å². The van der Waals surface area contributed by atoms with Crippen molar-refractivity contribution in [1.82, 2.24) is 4.90 Å². The van der Waals surface area contributed by atoms with Gasteiger partial charge in [0.25, 0.3) is 0 Å². The maximum absolute atomic E-state index is 6.52. The van der Waals surface area contributed by atoms with Gasteiger partial charge in [0.15, 0.2) is 0 Å². The van der Waals surface area contributed by atoms with Crippen molar-refractivity contribution in [3.63, 3.8) is 0 Å². The molecule has 0 bridgehead atoms. The van der Waals surface area contributed by atoms with Crippen LogP contribution in [0.1, 0.15) is 0 Å². The Morgan fingerprint density at radius 1 is 1.00 bits per heavy atom. The lowest BCUT2D eigenvalue weighted by Gasteiger charge is -2.41. The second-order valence-electron chi connectivity index (χ2n) is 6.32. The summed E-state index contributed by atoms with van der Waals surface area (Å²) < 4.78 is 5.48. The highest BCUT2D eigenvalue weighted by atomic mass is 35.5. The van der Waals surface area contributed by atoms with Gasteiger partial charge in [0.05, 0.1) is 34.6 Å². The highest BCUT2D eigenvalue weighted by molar-refractivity contribution is 6.34. The SMILES string of the molecule is NC1=NC(Nc2ccccc2Cl)N(c2ccccc2Cl)C(N2CCOCC2)=N1. The van der Waals surface area contributed by atoms with Crippen molar-refractivity contribution in [1.29, 1.82) is 0 Å². The number of nitrogens with zero attached hydrogens (tertiary/aromatic N) is 4. The molecule has 4 rings (SSSR count). The molecule has 146 valence electrons. The lowest BCUT2D eigenvalue weighted by molar-refractivity contribution is 0.0671. The van der Waals surface area contributed by atoms with Crippen molar-refractivity contribution in [2.75, 3.05) is 36.5 Å². The highest BCUT2D eigenvalue weighted by Crippen LogP contribution is 2.31. The van der Waals surface area contributed by atoms with Crippen molar-refractivity contribution in [3.8, 4) is 0 Å². The van der Waals surface area contributed by atoms with E-state index < -0.39 is 6.29 Å². The summed E-state index contributed by atoms with van der Waals surface area (Å²) in [6.45, 7) is 2.64. The van der Waals surface area contributed by atoms with Crippen LogP contribution in [0.4, 0.5) is 11.4 Å². The zero-order valence-corrected chi connectivity index (χ0v) is 16.6. The van der Waals surface area contributed by atoms with Gasteiger partial charge in [0.2, 0.25) is 18.2 Å². The standard InChI is InChI=1S/C19H20Cl2N6O/c20-13-5-1-3-7-15(13)23-18-24-17(22)25-19(26-9-11-28-12-10-26)27(18)16-8-4-2-6-14(16)21/h1-8,18,23H,9-12H2,(H2,22,24). The quantitative estimate of drug-likeness (QED) is 0.799. The maximum Gasteiger partial charge on any atom is 0.222 e. The average Bonchev–Trinajstić information content (AvgIpc) is 2.71. The molecule has 0 saturated carbocycles. The van der Waals surface area contributed by atoms with Crippen molar-refractivity contribution >= 4 is 46.5 Å². The van der Waals surface area contributed by atoms with E-state index in [0.29, 0.717) is 42.3 Å². The monoisotopic (exact) mass is 418 g/mol. The molecular formula is C19H20Cl2N6O. The molecule has 1 unspecified atom stereocenters. The number of rotatable bonds is 3. The second kappa shape index (κ2) is 8.26. The van der Waals surface area contributed by atoms with E-state index >= 15 is 0 Å². The van der Waals surface area contributed by atoms with Gasteiger partial charge >= 0.3 is 0 Å². The van der Waals surface area contributed by atoms with Crippen LogP contribution >= 0.6 is 23.2 Å². The number of aliphatic imine (C=N–C) groups is 2. The van der Waals surface area contributed by atoms with Crippen LogP contribution in [0.2, 0.25) is 10.0 Å². The molecule has 2 aliphatic heterocycles. The van der Waals surface area contributed by atoms with E-state index in [0.717, 1.165) is 11.4 Å². The summed E-state index contributed by atoms with van der Waals surface area (Å²) >= 11 is 12.9. The number of benzene rings is 2. The zero-order valence-electron chi connectivity index (χ0n) is 15.1. The lowest BCUT2D eigenvalue weighted by atomic mass is 10.2. The summed E-state index contributed by atoms with van der Waals surface area (Å²) in [4.78, 5) is 13.1. The number of guanidine groups is 2. The molecule has 0 aliphatic carbocycles. The first-order valence-corrected chi connectivity index (χ1v) is 9.68. The zero-order chi connectivity index (χ0) is 19.5. The number of hydrogen-bond acceptors (Lipinski definition) is 7. The Hall–Kier alpha value is -2.48. The molecule has 0 aromatic heterocycles. The Labute approximate surface area is 173 Å². The van der Waals surface area contributed by atoms with Crippen molar-refractivity contribution < 1.29 is 4.74 Å². The Balaban J connectivity index is 1.76. The number of anilines is 2. The van der Waals surface area contributed by atoms with E-state index in [-0.39, 0.29) is 5.96 Å². The maximum atomic E-state index is 6.52. The van der Waals surface area contributed by atoms with Crippen molar-refractivity contribution in [2.24, 2.45) is 15.7 Å². The summed E-state index contributed by atoms with van der Waals surface area (Å²) in [6.07, 6.45) is -0.560. The van der Waals surface area contributed by atoms with Gasteiger partial charge in [-0.05, 0) is 24.3 Å². The molecule has 2 aromatic rings. The number of hydrogen-bond donors (Lipinski definition) is 2. The minimum absolute atomic E-state index is 0.189. The predicted molar refractivity (Wildman–Crippen MR) is 114 cm³/mol. The lowest BCUT2D eigenvalue weighted by Crippen LogP contribution is -2.57. The smallest absolute Gasteiger partial charge is 0.222 e. The van der Waals surface area contributed by atoms with E-state index in [9.17, 15) is 0 Å². The number of nitrogens with two attached hydrogens (primary N) is 1. The van der Waals surface area contributed by atoms with E-state index in [2.05, 4.69) is 20.2 Å². The summed E-state index contributed by atoms with van der Waals surface area (Å²) in [5, 5.41) is 4.53. The van der Waals surface area contributed by atoms with Crippen molar-refractivity contribution in [3.05, 3.63) is 58.6 Å². The van der Waals surface area contributed by atoms with Crippen LogP contribution in [0.3, 0.4) is 0 Å². The van der Waals surface area contributed by atoms with Gasteiger partial charge in [-0.25, -0.2) is 4.99 Å².